The number of benzene rings is 3. The number of hydrogen-bond acceptors (Lipinski definition) is 2. The van der Waals surface area contributed by atoms with Gasteiger partial charge in [-0.25, -0.2) is 9.36 Å². The van der Waals surface area contributed by atoms with Crippen LogP contribution in [0.25, 0.3) is 33.6 Å². The van der Waals surface area contributed by atoms with Crippen LogP contribution in [0.2, 0.25) is 0 Å². The minimum atomic E-state index is -0.601. The van der Waals surface area contributed by atoms with E-state index >= 15 is 0 Å². The summed E-state index contributed by atoms with van der Waals surface area (Å²) in [5, 5.41) is 0. The quantitative estimate of drug-likeness (QED) is 0.365. The van der Waals surface area contributed by atoms with Crippen molar-refractivity contribution in [1.82, 2.24) is 4.57 Å². The molecule has 4 rings (SSSR count). The van der Waals surface area contributed by atoms with E-state index in [-0.39, 0.29) is 6.09 Å². The highest BCUT2D eigenvalue weighted by Crippen LogP contribution is 2.39. The molecule has 3 aromatic carbocycles. The SMILES string of the molecule is CC(C)(C)OC(=O)n1c(-c2ccccc2)cc(-c2ccccc2)c1-c1ccccc1. The maximum atomic E-state index is 13.4. The van der Waals surface area contributed by atoms with Crippen LogP contribution in [0.15, 0.2) is 97.1 Å². The fraction of sp³-hybridized carbons (Fsp3) is 0.148. The third kappa shape index (κ3) is 4.06. The molecular formula is C27H25NO2. The van der Waals surface area contributed by atoms with Crippen molar-refractivity contribution in [2.24, 2.45) is 0 Å². The van der Waals surface area contributed by atoms with Crippen LogP contribution in [0.1, 0.15) is 20.8 Å². The average molecular weight is 396 g/mol. The second kappa shape index (κ2) is 8.03. The number of hydrogen-bond donors (Lipinski definition) is 0. The van der Waals surface area contributed by atoms with Gasteiger partial charge in [0.25, 0.3) is 0 Å². The first-order valence-electron chi connectivity index (χ1n) is 10.1. The summed E-state index contributed by atoms with van der Waals surface area (Å²) in [6.45, 7) is 5.66. The third-order valence-corrected chi connectivity index (χ3v) is 4.78. The van der Waals surface area contributed by atoms with Crippen LogP contribution < -0.4 is 0 Å². The van der Waals surface area contributed by atoms with Crippen molar-refractivity contribution in [2.45, 2.75) is 26.4 Å². The maximum Gasteiger partial charge on any atom is 0.419 e. The molecule has 150 valence electrons. The van der Waals surface area contributed by atoms with Crippen molar-refractivity contribution in [1.29, 1.82) is 0 Å². The van der Waals surface area contributed by atoms with Gasteiger partial charge in [0.05, 0.1) is 11.4 Å². The van der Waals surface area contributed by atoms with E-state index in [9.17, 15) is 4.79 Å². The zero-order valence-corrected chi connectivity index (χ0v) is 17.5. The summed E-state index contributed by atoms with van der Waals surface area (Å²) in [7, 11) is 0. The molecule has 0 N–H and O–H groups in total. The number of aromatic nitrogens is 1. The smallest absolute Gasteiger partial charge is 0.419 e. The lowest BCUT2D eigenvalue weighted by molar-refractivity contribution is 0.0543. The molecule has 0 amide bonds. The zero-order valence-electron chi connectivity index (χ0n) is 17.5. The maximum absolute atomic E-state index is 13.4. The van der Waals surface area contributed by atoms with Gasteiger partial charge in [-0.1, -0.05) is 91.0 Å². The summed E-state index contributed by atoms with van der Waals surface area (Å²) in [6.07, 6.45) is -0.387. The molecule has 0 aliphatic carbocycles. The van der Waals surface area contributed by atoms with Crippen LogP contribution in [0.3, 0.4) is 0 Å². The Morgan fingerprint density at radius 3 is 1.67 bits per heavy atom. The van der Waals surface area contributed by atoms with Gasteiger partial charge in [-0.15, -0.1) is 0 Å². The number of ether oxygens (including phenoxy) is 1. The summed E-state index contributed by atoms with van der Waals surface area (Å²) in [5.74, 6) is 0. The molecule has 1 aromatic heterocycles. The molecule has 4 aromatic rings. The predicted octanol–water partition coefficient (Wildman–Crippen LogP) is 7.27. The van der Waals surface area contributed by atoms with Crippen molar-refractivity contribution in [2.75, 3.05) is 0 Å². The Hall–Kier alpha value is -3.59. The Morgan fingerprint density at radius 1 is 0.700 bits per heavy atom. The lowest BCUT2D eigenvalue weighted by atomic mass is 10.0. The average Bonchev–Trinajstić information content (AvgIpc) is 3.15. The monoisotopic (exact) mass is 395 g/mol. The highest BCUT2D eigenvalue weighted by molar-refractivity contribution is 5.94. The molecule has 0 saturated heterocycles. The fourth-order valence-electron chi connectivity index (χ4n) is 3.55. The molecular weight excluding hydrogens is 370 g/mol. The summed E-state index contributed by atoms with van der Waals surface area (Å²) < 4.78 is 7.53. The number of nitrogens with zero attached hydrogens (tertiary/aromatic N) is 1. The third-order valence-electron chi connectivity index (χ3n) is 4.78. The minimum Gasteiger partial charge on any atom is -0.443 e. The Balaban J connectivity index is 2.04. The van der Waals surface area contributed by atoms with E-state index in [4.69, 9.17) is 4.74 Å². The Labute approximate surface area is 177 Å². The lowest BCUT2D eigenvalue weighted by Gasteiger charge is -2.22. The first-order valence-corrected chi connectivity index (χ1v) is 10.1. The highest BCUT2D eigenvalue weighted by atomic mass is 16.6. The Kier molecular flexibility index (Phi) is 5.28. The van der Waals surface area contributed by atoms with E-state index in [0.29, 0.717) is 0 Å². The van der Waals surface area contributed by atoms with Gasteiger partial charge in [0, 0.05) is 5.56 Å². The van der Waals surface area contributed by atoms with E-state index in [1.807, 2.05) is 99.6 Å². The molecule has 0 radical (unpaired) electrons. The topological polar surface area (TPSA) is 31.2 Å². The van der Waals surface area contributed by atoms with Crippen molar-refractivity contribution < 1.29 is 9.53 Å². The summed E-state index contributed by atoms with van der Waals surface area (Å²) in [4.78, 5) is 13.4. The van der Waals surface area contributed by atoms with Crippen molar-refractivity contribution in [3.8, 4) is 33.6 Å². The van der Waals surface area contributed by atoms with Gasteiger partial charge >= 0.3 is 6.09 Å². The van der Waals surface area contributed by atoms with Gasteiger partial charge in [-0.05, 0) is 43.5 Å². The van der Waals surface area contributed by atoms with Crippen LogP contribution >= 0.6 is 0 Å². The minimum absolute atomic E-state index is 0.387. The zero-order chi connectivity index (χ0) is 21.1. The van der Waals surface area contributed by atoms with E-state index in [2.05, 4.69) is 18.2 Å². The molecule has 0 bridgehead atoms. The molecule has 3 nitrogen and oxygen atoms in total. The molecule has 0 unspecified atom stereocenters. The molecule has 30 heavy (non-hydrogen) atoms. The Morgan fingerprint density at radius 2 is 1.17 bits per heavy atom. The first-order chi connectivity index (χ1) is 14.4. The highest BCUT2D eigenvalue weighted by Gasteiger charge is 2.27. The van der Waals surface area contributed by atoms with Gasteiger partial charge < -0.3 is 4.74 Å². The lowest BCUT2D eigenvalue weighted by Crippen LogP contribution is -2.28. The van der Waals surface area contributed by atoms with Crippen LogP contribution in [-0.4, -0.2) is 16.3 Å². The van der Waals surface area contributed by atoms with Crippen LogP contribution in [0, 0.1) is 0 Å². The van der Waals surface area contributed by atoms with E-state index in [1.54, 1.807) is 4.57 Å². The molecule has 0 aliphatic heterocycles. The molecule has 0 fully saturated rings. The molecule has 0 spiro atoms. The van der Waals surface area contributed by atoms with E-state index in [0.717, 1.165) is 33.6 Å². The number of carbonyl (C=O) groups excluding carboxylic acids is 1. The number of carbonyl (C=O) groups is 1. The predicted molar refractivity (Wildman–Crippen MR) is 122 cm³/mol. The van der Waals surface area contributed by atoms with Gasteiger partial charge in [0.15, 0.2) is 0 Å². The summed E-state index contributed by atoms with van der Waals surface area (Å²) in [6, 6.07) is 32.2. The summed E-state index contributed by atoms with van der Waals surface area (Å²) >= 11 is 0. The molecule has 0 atom stereocenters. The standard InChI is InChI=1S/C27H25NO2/c1-27(2,3)30-26(29)28-24(21-15-9-5-10-16-21)19-23(20-13-7-4-8-14-20)25(28)22-17-11-6-12-18-22/h4-19H,1-3H3. The molecule has 0 saturated carbocycles. The normalized spacial score (nSPS) is 11.3. The van der Waals surface area contributed by atoms with Crippen molar-refractivity contribution >= 4 is 6.09 Å². The largest absolute Gasteiger partial charge is 0.443 e. The van der Waals surface area contributed by atoms with Crippen molar-refractivity contribution in [3.63, 3.8) is 0 Å². The second-order valence-corrected chi connectivity index (χ2v) is 8.21. The van der Waals surface area contributed by atoms with Gasteiger partial charge in [-0.3, -0.25) is 0 Å². The number of rotatable bonds is 3. The molecule has 0 aliphatic rings. The van der Waals surface area contributed by atoms with Crippen molar-refractivity contribution in [3.05, 3.63) is 97.1 Å². The van der Waals surface area contributed by atoms with Gasteiger partial charge in [0.1, 0.15) is 5.60 Å². The second-order valence-electron chi connectivity index (χ2n) is 8.21. The molecule has 3 heteroatoms. The van der Waals surface area contributed by atoms with E-state index < -0.39 is 5.60 Å². The fourth-order valence-corrected chi connectivity index (χ4v) is 3.55. The van der Waals surface area contributed by atoms with Gasteiger partial charge in [0.2, 0.25) is 0 Å². The van der Waals surface area contributed by atoms with Crippen LogP contribution in [-0.2, 0) is 4.74 Å². The first kappa shape index (κ1) is 19.7. The van der Waals surface area contributed by atoms with Gasteiger partial charge in [-0.2, -0.15) is 0 Å². The summed E-state index contributed by atoms with van der Waals surface area (Å²) in [5.41, 5.74) is 5.00. The molecule has 1 heterocycles. The Bertz CT molecular complexity index is 1140. The van der Waals surface area contributed by atoms with E-state index in [1.165, 1.54) is 0 Å². The van der Waals surface area contributed by atoms with Crippen LogP contribution in [0.5, 0.6) is 0 Å². The van der Waals surface area contributed by atoms with Crippen LogP contribution in [0.4, 0.5) is 4.79 Å².